The van der Waals surface area contributed by atoms with Crippen LogP contribution < -0.4 is 4.90 Å². The molecule has 1 saturated carbocycles. The van der Waals surface area contributed by atoms with Gasteiger partial charge in [-0.15, -0.1) is 0 Å². The van der Waals surface area contributed by atoms with E-state index in [4.69, 9.17) is 0 Å². The van der Waals surface area contributed by atoms with Gasteiger partial charge in [-0.1, -0.05) is 18.2 Å². The van der Waals surface area contributed by atoms with Crippen LogP contribution in [0.1, 0.15) is 50.1 Å². The van der Waals surface area contributed by atoms with Crippen molar-refractivity contribution in [1.82, 2.24) is 9.88 Å². The van der Waals surface area contributed by atoms with E-state index >= 15 is 8.78 Å². The number of anilines is 1. The lowest BCUT2D eigenvalue weighted by Gasteiger charge is -2.44. The molecule has 0 amide bonds. The number of nitrogens with one attached hydrogen (secondary N) is 1. The van der Waals surface area contributed by atoms with Crippen molar-refractivity contribution < 1.29 is 23.1 Å². The van der Waals surface area contributed by atoms with Crippen molar-refractivity contribution in [3.8, 4) is 0 Å². The molecular weight excluding hydrogens is 467 g/mol. The van der Waals surface area contributed by atoms with Gasteiger partial charge in [0.2, 0.25) is 0 Å². The Kier molecular flexibility index (Phi) is 5.04. The molecule has 2 N–H and O–H groups in total. The number of alkyl halides is 1. The number of carboxylic acid groups (broad SMARTS) is 1. The largest absolute Gasteiger partial charge is 0.481 e. The van der Waals surface area contributed by atoms with E-state index < -0.39 is 29.3 Å². The van der Waals surface area contributed by atoms with Crippen LogP contribution >= 0.6 is 0 Å². The van der Waals surface area contributed by atoms with Crippen LogP contribution in [0.4, 0.5) is 18.9 Å². The van der Waals surface area contributed by atoms with E-state index in [1.54, 1.807) is 0 Å². The number of rotatable bonds is 5. The van der Waals surface area contributed by atoms with Gasteiger partial charge >= 0.3 is 5.97 Å². The van der Waals surface area contributed by atoms with Crippen molar-refractivity contribution in [1.29, 1.82) is 0 Å². The predicted octanol–water partition coefficient (Wildman–Crippen LogP) is 5.44. The number of fused-ring (bicyclic) bond motifs is 3. The summed E-state index contributed by atoms with van der Waals surface area (Å²) in [6.07, 6.45) is 1.26. The third-order valence-electron chi connectivity index (χ3n) is 8.28. The van der Waals surface area contributed by atoms with E-state index in [-0.39, 0.29) is 29.5 Å². The molecule has 3 aromatic rings. The van der Waals surface area contributed by atoms with Crippen LogP contribution in [-0.4, -0.2) is 52.3 Å². The third kappa shape index (κ3) is 3.60. The summed E-state index contributed by atoms with van der Waals surface area (Å²) in [5.41, 5.74) is 1.10. The van der Waals surface area contributed by atoms with Gasteiger partial charge in [-0.05, 0) is 57.4 Å². The maximum atomic E-state index is 15.8. The summed E-state index contributed by atoms with van der Waals surface area (Å²) >= 11 is 0. The molecule has 36 heavy (non-hydrogen) atoms. The Bertz CT molecular complexity index is 1350. The van der Waals surface area contributed by atoms with E-state index in [1.165, 1.54) is 26.0 Å². The molecule has 3 aliphatic rings. The van der Waals surface area contributed by atoms with Crippen molar-refractivity contribution in [2.24, 2.45) is 11.3 Å². The number of benzene rings is 2. The van der Waals surface area contributed by atoms with Gasteiger partial charge in [0.1, 0.15) is 17.3 Å². The number of H-pyrrole nitrogens is 1. The quantitative estimate of drug-likeness (QED) is 0.493. The number of carboxylic acids is 1. The molecule has 3 atom stereocenters. The van der Waals surface area contributed by atoms with Gasteiger partial charge in [0.05, 0.1) is 12.0 Å². The second-order valence-electron chi connectivity index (χ2n) is 11.5. The molecule has 1 unspecified atom stereocenters. The molecule has 5 nitrogen and oxygen atoms in total. The van der Waals surface area contributed by atoms with Crippen LogP contribution in [0.25, 0.3) is 10.9 Å². The third-order valence-corrected chi connectivity index (χ3v) is 8.28. The van der Waals surface area contributed by atoms with E-state index in [9.17, 15) is 14.3 Å². The van der Waals surface area contributed by atoms with E-state index in [0.717, 1.165) is 16.5 Å². The Hall–Kier alpha value is -3.00. The fraction of sp³-hybridized carbons (Fsp3) is 0.464. The van der Waals surface area contributed by atoms with Gasteiger partial charge in [0.15, 0.2) is 0 Å². The predicted molar refractivity (Wildman–Crippen MR) is 132 cm³/mol. The maximum Gasteiger partial charge on any atom is 0.307 e. The lowest BCUT2D eigenvalue weighted by Crippen LogP contribution is -2.50. The zero-order valence-electron chi connectivity index (χ0n) is 20.6. The minimum atomic E-state index is -1.56. The summed E-state index contributed by atoms with van der Waals surface area (Å²) in [6, 6.07) is 9.54. The Morgan fingerprint density at radius 2 is 1.86 bits per heavy atom. The van der Waals surface area contributed by atoms with E-state index in [0.29, 0.717) is 37.3 Å². The average molecular weight is 498 g/mol. The summed E-state index contributed by atoms with van der Waals surface area (Å²) in [6.45, 7) is 5.93. The lowest BCUT2D eigenvalue weighted by atomic mass is 9.86. The number of aromatic nitrogens is 1. The molecule has 2 fully saturated rings. The first-order chi connectivity index (χ1) is 17.0. The molecule has 2 aliphatic heterocycles. The normalized spacial score (nSPS) is 25.2. The second-order valence-corrected chi connectivity index (χ2v) is 11.5. The molecule has 2 aromatic carbocycles. The first-order valence-electron chi connectivity index (χ1n) is 12.5. The number of aromatic amines is 1. The standard InChI is InChI=1S/C28H30F3N3O2/c1-15-8-18-17-6-4-5-7-22(17)32-24(18)25(34(15)12-27(2,3)31)23-20(29)9-16(10-21(23)30)33-13-28(14-33)11-19(28)26(35)36/h4-7,9-10,15,19,25,32H,8,11-14H2,1-3H3,(H,35,36)/t15-,19?,25-/m1/s1. The van der Waals surface area contributed by atoms with E-state index in [1.807, 2.05) is 41.0 Å². The van der Waals surface area contributed by atoms with Crippen molar-refractivity contribution in [2.45, 2.75) is 51.4 Å². The highest BCUT2D eigenvalue weighted by atomic mass is 19.1. The summed E-state index contributed by atoms with van der Waals surface area (Å²) in [4.78, 5) is 18.4. The molecule has 0 bridgehead atoms. The van der Waals surface area contributed by atoms with Crippen LogP contribution in [0.3, 0.4) is 0 Å². The molecule has 1 spiro atoms. The van der Waals surface area contributed by atoms with Crippen molar-refractivity contribution in [2.75, 3.05) is 24.5 Å². The average Bonchev–Trinajstić information content (AvgIpc) is 3.43. The number of carbonyl (C=O) groups is 1. The highest BCUT2D eigenvalue weighted by Gasteiger charge is 2.65. The van der Waals surface area contributed by atoms with E-state index in [2.05, 4.69) is 4.98 Å². The summed E-state index contributed by atoms with van der Waals surface area (Å²) in [5, 5.41) is 10.3. The Morgan fingerprint density at radius 3 is 2.47 bits per heavy atom. The summed E-state index contributed by atoms with van der Waals surface area (Å²) in [7, 11) is 0. The van der Waals surface area contributed by atoms with Crippen molar-refractivity contribution in [3.63, 3.8) is 0 Å². The van der Waals surface area contributed by atoms with Gasteiger partial charge in [-0.25, -0.2) is 13.2 Å². The molecule has 1 aliphatic carbocycles. The van der Waals surface area contributed by atoms with Gasteiger partial charge in [-0.3, -0.25) is 9.69 Å². The van der Waals surface area contributed by atoms with Crippen LogP contribution in [0, 0.1) is 23.0 Å². The van der Waals surface area contributed by atoms with Crippen LogP contribution in [-0.2, 0) is 11.2 Å². The SMILES string of the molecule is C[C@@H]1Cc2c([nH]c3ccccc23)[C@@H](c2c(F)cc(N3CC4(CC4C(=O)O)C3)cc2F)N1CC(C)(C)F. The molecule has 1 saturated heterocycles. The minimum absolute atomic E-state index is 0.0273. The first-order valence-corrected chi connectivity index (χ1v) is 12.5. The lowest BCUT2D eigenvalue weighted by molar-refractivity contribution is -0.139. The molecule has 1 aromatic heterocycles. The minimum Gasteiger partial charge on any atom is -0.481 e. The smallest absolute Gasteiger partial charge is 0.307 e. The van der Waals surface area contributed by atoms with Crippen LogP contribution in [0.2, 0.25) is 0 Å². The molecule has 190 valence electrons. The zero-order valence-corrected chi connectivity index (χ0v) is 20.6. The number of aliphatic carboxylic acids is 1. The van der Waals surface area contributed by atoms with Gasteiger partial charge < -0.3 is 15.0 Å². The summed E-state index contributed by atoms with van der Waals surface area (Å²) < 4.78 is 46.6. The first kappa shape index (κ1) is 23.4. The van der Waals surface area contributed by atoms with Crippen LogP contribution in [0.15, 0.2) is 36.4 Å². The van der Waals surface area contributed by atoms with Crippen LogP contribution in [0.5, 0.6) is 0 Å². The molecule has 3 heterocycles. The number of halogens is 3. The highest BCUT2D eigenvalue weighted by Crippen LogP contribution is 2.59. The number of nitrogens with zero attached hydrogens (tertiary/aromatic N) is 2. The summed E-state index contributed by atoms with van der Waals surface area (Å²) in [5.74, 6) is -2.54. The maximum absolute atomic E-state index is 15.8. The highest BCUT2D eigenvalue weighted by molar-refractivity contribution is 5.85. The Labute approximate surface area is 207 Å². The number of para-hydroxylation sites is 1. The van der Waals surface area contributed by atoms with Gasteiger partial charge in [-0.2, -0.15) is 0 Å². The molecular formula is C28H30F3N3O2. The van der Waals surface area contributed by atoms with Gasteiger partial charge in [0, 0.05) is 58.9 Å². The number of hydrogen-bond donors (Lipinski definition) is 2. The van der Waals surface area contributed by atoms with Crippen molar-refractivity contribution in [3.05, 3.63) is 64.9 Å². The zero-order chi connectivity index (χ0) is 25.6. The second kappa shape index (κ2) is 7.75. The van der Waals surface area contributed by atoms with Crippen molar-refractivity contribution >= 4 is 22.6 Å². The topological polar surface area (TPSA) is 59.6 Å². The number of hydrogen-bond acceptors (Lipinski definition) is 3. The fourth-order valence-corrected chi connectivity index (χ4v) is 6.46. The molecule has 0 radical (unpaired) electrons. The molecule has 8 heteroatoms. The monoisotopic (exact) mass is 497 g/mol. The Balaban J connectivity index is 1.41. The fourth-order valence-electron chi connectivity index (χ4n) is 6.46. The van der Waals surface area contributed by atoms with Gasteiger partial charge in [0.25, 0.3) is 0 Å². The Morgan fingerprint density at radius 1 is 1.19 bits per heavy atom. The molecule has 6 rings (SSSR count).